The van der Waals surface area contributed by atoms with E-state index in [0.29, 0.717) is 22.8 Å². The molecule has 21 heavy (non-hydrogen) atoms. The summed E-state index contributed by atoms with van der Waals surface area (Å²) in [5, 5.41) is 3.45. The van der Waals surface area contributed by atoms with Crippen LogP contribution in [0.5, 0.6) is 5.75 Å². The Hall–Kier alpha value is -1.65. The second kappa shape index (κ2) is 5.62. The van der Waals surface area contributed by atoms with Gasteiger partial charge < -0.3 is 10.1 Å². The largest absolute Gasteiger partial charge is 0.485 e. The van der Waals surface area contributed by atoms with Gasteiger partial charge in [0.1, 0.15) is 23.5 Å². The summed E-state index contributed by atoms with van der Waals surface area (Å²) in [6, 6.07) is 8.77. The molecule has 1 heterocycles. The van der Waals surface area contributed by atoms with Crippen molar-refractivity contribution in [2.24, 2.45) is 0 Å². The Morgan fingerprint density at radius 1 is 1.24 bits per heavy atom. The zero-order valence-electron chi connectivity index (χ0n) is 11.4. The van der Waals surface area contributed by atoms with Crippen LogP contribution in [0.4, 0.5) is 8.78 Å². The minimum Gasteiger partial charge on any atom is -0.485 e. The Balaban J connectivity index is 2.03. The van der Waals surface area contributed by atoms with E-state index in [1.807, 2.05) is 0 Å². The number of halogens is 3. The fourth-order valence-corrected chi connectivity index (χ4v) is 2.99. The van der Waals surface area contributed by atoms with Crippen molar-refractivity contribution < 1.29 is 13.5 Å². The summed E-state index contributed by atoms with van der Waals surface area (Å²) >= 11 is 6.11. The molecule has 2 unspecified atom stereocenters. The number of fused-ring (bicyclic) bond motifs is 1. The fourth-order valence-electron chi connectivity index (χ4n) is 2.71. The maximum absolute atomic E-state index is 14.1. The highest BCUT2D eigenvalue weighted by atomic mass is 35.5. The van der Waals surface area contributed by atoms with E-state index in [9.17, 15) is 8.78 Å². The average Bonchev–Trinajstić information content (AvgIpc) is 2.46. The van der Waals surface area contributed by atoms with Crippen molar-refractivity contribution in [2.45, 2.75) is 18.6 Å². The lowest BCUT2D eigenvalue weighted by Gasteiger charge is -2.32. The summed E-state index contributed by atoms with van der Waals surface area (Å²) in [6.07, 6.45) is -0.0257. The van der Waals surface area contributed by atoms with Crippen LogP contribution >= 0.6 is 11.6 Å². The molecule has 0 aromatic heterocycles. The van der Waals surface area contributed by atoms with Gasteiger partial charge in [-0.3, -0.25) is 0 Å². The van der Waals surface area contributed by atoms with Crippen LogP contribution in [-0.4, -0.2) is 7.05 Å². The summed E-state index contributed by atoms with van der Waals surface area (Å²) in [5.74, 6) is -0.167. The highest BCUT2D eigenvalue weighted by molar-refractivity contribution is 6.31. The Kier molecular flexibility index (Phi) is 3.83. The summed E-state index contributed by atoms with van der Waals surface area (Å²) in [7, 11) is 1.78. The molecule has 2 nitrogen and oxygen atoms in total. The second-order valence-corrected chi connectivity index (χ2v) is 5.41. The lowest BCUT2D eigenvalue weighted by Crippen LogP contribution is -2.27. The number of hydrogen-bond acceptors (Lipinski definition) is 2. The lowest BCUT2D eigenvalue weighted by atomic mass is 9.92. The van der Waals surface area contributed by atoms with Crippen molar-refractivity contribution in [2.75, 3.05) is 7.05 Å². The number of benzene rings is 2. The Labute approximate surface area is 126 Å². The smallest absolute Gasteiger partial charge is 0.131 e. The third kappa shape index (κ3) is 2.61. The van der Waals surface area contributed by atoms with Crippen molar-refractivity contribution in [3.05, 3.63) is 64.2 Å². The van der Waals surface area contributed by atoms with E-state index >= 15 is 0 Å². The number of ether oxygens (including phenoxy) is 1. The third-order valence-electron chi connectivity index (χ3n) is 3.74. The molecule has 1 aliphatic rings. The molecule has 1 aliphatic heterocycles. The maximum Gasteiger partial charge on any atom is 0.131 e. The van der Waals surface area contributed by atoms with Gasteiger partial charge in [-0.15, -0.1) is 0 Å². The Morgan fingerprint density at radius 2 is 2.05 bits per heavy atom. The molecule has 110 valence electrons. The SMILES string of the molecule is CNC1CC(c2c(F)cccc2Cl)Oc2ccc(F)cc21. The van der Waals surface area contributed by atoms with E-state index in [-0.39, 0.29) is 11.9 Å². The van der Waals surface area contributed by atoms with Gasteiger partial charge in [-0.1, -0.05) is 17.7 Å². The van der Waals surface area contributed by atoms with Gasteiger partial charge in [0.2, 0.25) is 0 Å². The van der Waals surface area contributed by atoms with Gasteiger partial charge in [-0.05, 0) is 37.4 Å². The standard InChI is InChI=1S/C16H14ClF2NO/c1-20-13-8-15(16-11(17)3-2-4-12(16)19)21-14-6-5-9(18)7-10(13)14/h2-7,13,15,20H,8H2,1H3. The Morgan fingerprint density at radius 3 is 2.76 bits per heavy atom. The van der Waals surface area contributed by atoms with Gasteiger partial charge in [-0.25, -0.2) is 8.78 Å². The summed E-state index contributed by atoms with van der Waals surface area (Å²) in [5.41, 5.74) is 1.08. The first-order valence-electron chi connectivity index (χ1n) is 6.67. The highest BCUT2D eigenvalue weighted by Crippen LogP contribution is 2.43. The normalized spacial score (nSPS) is 20.8. The van der Waals surface area contributed by atoms with Gasteiger partial charge >= 0.3 is 0 Å². The van der Waals surface area contributed by atoms with Crippen LogP contribution in [0.15, 0.2) is 36.4 Å². The molecule has 3 rings (SSSR count). The van der Waals surface area contributed by atoms with E-state index in [0.717, 1.165) is 5.56 Å². The Bertz CT molecular complexity index is 657. The van der Waals surface area contributed by atoms with E-state index in [2.05, 4.69) is 5.32 Å². The van der Waals surface area contributed by atoms with E-state index in [4.69, 9.17) is 16.3 Å². The first kappa shape index (κ1) is 14.3. The minimum absolute atomic E-state index is 0.120. The summed E-state index contributed by atoms with van der Waals surface area (Å²) < 4.78 is 33.3. The summed E-state index contributed by atoms with van der Waals surface area (Å²) in [6.45, 7) is 0. The van der Waals surface area contributed by atoms with Crippen molar-refractivity contribution >= 4 is 11.6 Å². The van der Waals surface area contributed by atoms with Gasteiger partial charge in [0.05, 0.1) is 5.02 Å². The molecule has 2 aromatic carbocycles. The molecule has 0 aliphatic carbocycles. The molecule has 0 radical (unpaired) electrons. The minimum atomic E-state index is -0.505. The molecular formula is C16H14ClF2NO. The highest BCUT2D eigenvalue weighted by Gasteiger charge is 2.31. The fraction of sp³-hybridized carbons (Fsp3) is 0.250. The molecule has 0 saturated carbocycles. The van der Waals surface area contributed by atoms with Crippen LogP contribution in [0.3, 0.4) is 0 Å². The average molecular weight is 310 g/mol. The summed E-state index contributed by atoms with van der Waals surface area (Å²) in [4.78, 5) is 0. The van der Waals surface area contributed by atoms with Crippen molar-refractivity contribution in [3.63, 3.8) is 0 Å². The first-order valence-corrected chi connectivity index (χ1v) is 7.05. The van der Waals surface area contributed by atoms with Crippen molar-refractivity contribution in [1.29, 1.82) is 0 Å². The number of nitrogens with one attached hydrogen (secondary N) is 1. The van der Waals surface area contributed by atoms with Gasteiger partial charge in [0, 0.05) is 23.6 Å². The molecule has 0 spiro atoms. The molecule has 0 fully saturated rings. The van der Waals surface area contributed by atoms with Crippen LogP contribution in [0.1, 0.15) is 29.7 Å². The zero-order chi connectivity index (χ0) is 15.0. The second-order valence-electron chi connectivity index (χ2n) is 5.00. The van der Waals surface area contributed by atoms with Gasteiger partial charge in [0.15, 0.2) is 0 Å². The van der Waals surface area contributed by atoms with Gasteiger partial charge in [0.25, 0.3) is 0 Å². The number of rotatable bonds is 2. The number of hydrogen-bond donors (Lipinski definition) is 1. The quantitative estimate of drug-likeness (QED) is 0.887. The van der Waals surface area contributed by atoms with Crippen LogP contribution in [0, 0.1) is 11.6 Å². The van der Waals surface area contributed by atoms with Crippen molar-refractivity contribution in [3.8, 4) is 5.75 Å². The molecule has 2 atom stereocenters. The van der Waals surface area contributed by atoms with Crippen LogP contribution in [0.25, 0.3) is 0 Å². The van der Waals surface area contributed by atoms with Crippen LogP contribution in [-0.2, 0) is 0 Å². The molecule has 5 heteroatoms. The predicted octanol–water partition coefficient (Wildman–Crippen LogP) is 4.40. The van der Waals surface area contributed by atoms with Gasteiger partial charge in [-0.2, -0.15) is 0 Å². The van der Waals surface area contributed by atoms with E-state index < -0.39 is 11.9 Å². The monoisotopic (exact) mass is 309 g/mol. The lowest BCUT2D eigenvalue weighted by molar-refractivity contribution is 0.149. The molecule has 1 N–H and O–H groups in total. The topological polar surface area (TPSA) is 21.3 Å². The van der Waals surface area contributed by atoms with Crippen LogP contribution in [0.2, 0.25) is 5.02 Å². The van der Waals surface area contributed by atoms with E-state index in [1.165, 1.54) is 18.2 Å². The third-order valence-corrected chi connectivity index (χ3v) is 4.07. The molecule has 2 aromatic rings. The molecule has 0 bridgehead atoms. The van der Waals surface area contributed by atoms with Crippen molar-refractivity contribution in [1.82, 2.24) is 5.32 Å². The van der Waals surface area contributed by atoms with E-state index in [1.54, 1.807) is 25.2 Å². The first-order chi connectivity index (χ1) is 10.1. The van der Waals surface area contributed by atoms with Crippen LogP contribution < -0.4 is 10.1 Å². The predicted molar refractivity (Wildman–Crippen MR) is 77.6 cm³/mol. The molecule has 0 saturated heterocycles. The zero-order valence-corrected chi connectivity index (χ0v) is 12.1. The molecule has 0 amide bonds. The maximum atomic E-state index is 14.1. The molecular weight excluding hydrogens is 296 g/mol.